The fourth-order valence-corrected chi connectivity index (χ4v) is 2.18. The van der Waals surface area contributed by atoms with E-state index in [-0.39, 0.29) is 0 Å². The Morgan fingerprint density at radius 3 is 2.57 bits per heavy atom. The molecule has 0 atom stereocenters. The van der Waals surface area contributed by atoms with Crippen molar-refractivity contribution in [1.29, 1.82) is 5.26 Å². The Hall–Kier alpha value is -2.81. The lowest BCUT2D eigenvalue weighted by Gasteiger charge is -2.10. The number of alkyl halides is 3. The molecule has 3 nitrogen and oxygen atoms in total. The lowest BCUT2D eigenvalue weighted by atomic mass is 10.1. The highest BCUT2D eigenvalue weighted by Crippen LogP contribution is 2.33. The first kappa shape index (κ1) is 13.2. The number of para-hydroxylation sites is 1. The van der Waals surface area contributed by atoms with E-state index in [1.807, 2.05) is 24.3 Å². The number of hydrogen-bond acceptors (Lipinski definition) is 2. The molecule has 0 fully saturated rings. The van der Waals surface area contributed by atoms with Crippen molar-refractivity contribution in [1.82, 2.24) is 9.78 Å². The quantitative estimate of drug-likeness (QED) is 0.680. The third kappa shape index (κ3) is 2.23. The summed E-state index contributed by atoms with van der Waals surface area (Å²) >= 11 is 0. The predicted octanol–water partition coefficient (Wildman–Crippen LogP) is 3.92. The SMILES string of the molecule is N#Cc1cc(-n2ncc3ccccc32)ccc1C(F)(F)F. The second-order valence-corrected chi connectivity index (χ2v) is 4.45. The first-order valence-electron chi connectivity index (χ1n) is 6.05. The second kappa shape index (κ2) is 4.63. The van der Waals surface area contributed by atoms with Crippen LogP contribution >= 0.6 is 0 Å². The van der Waals surface area contributed by atoms with Crippen LogP contribution in [0.2, 0.25) is 0 Å². The summed E-state index contributed by atoms with van der Waals surface area (Å²) in [5.41, 5.74) is -0.174. The first-order valence-corrected chi connectivity index (χ1v) is 6.05. The molecule has 0 saturated carbocycles. The van der Waals surface area contributed by atoms with Gasteiger partial charge in [-0.15, -0.1) is 0 Å². The van der Waals surface area contributed by atoms with Crippen molar-refractivity contribution in [3.63, 3.8) is 0 Å². The molecular formula is C15H8F3N3. The minimum absolute atomic E-state index is 0.417. The summed E-state index contributed by atoms with van der Waals surface area (Å²) < 4.78 is 39.9. The molecule has 0 saturated heterocycles. The minimum atomic E-state index is -4.55. The molecule has 3 rings (SSSR count). The maximum Gasteiger partial charge on any atom is 0.417 e. The minimum Gasteiger partial charge on any atom is -0.233 e. The Bertz CT molecular complexity index is 856. The average Bonchev–Trinajstić information content (AvgIpc) is 2.89. The molecule has 0 aliphatic heterocycles. The second-order valence-electron chi connectivity index (χ2n) is 4.45. The van der Waals surface area contributed by atoms with Gasteiger partial charge in [0.15, 0.2) is 0 Å². The lowest BCUT2D eigenvalue weighted by molar-refractivity contribution is -0.137. The number of aromatic nitrogens is 2. The Balaban J connectivity index is 2.19. The van der Waals surface area contributed by atoms with Crippen molar-refractivity contribution < 1.29 is 13.2 Å². The lowest BCUT2D eigenvalue weighted by Crippen LogP contribution is -2.08. The molecule has 0 aliphatic rings. The molecule has 6 heteroatoms. The fourth-order valence-electron chi connectivity index (χ4n) is 2.18. The highest BCUT2D eigenvalue weighted by atomic mass is 19.4. The zero-order valence-electron chi connectivity index (χ0n) is 10.6. The summed E-state index contributed by atoms with van der Waals surface area (Å²) in [5, 5.41) is 14.0. The maximum absolute atomic E-state index is 12.8. The van der Waals surface area contributed by atoms with Crippen LogP contribution in [0.1, 0.15) is 11.1 Å². The summed E-state index contributed by atoms with van der Waals surface area (Å²) in [5.74, 6) is 0. The summed E-state index contributed by atoms with van der Waals surface area (Å²) in [6.07, 6.45) is -2.92. The molecule has 0 amide bonds. The van der Waals surface area contributed by atoms with Crippen LogP contribution in [0.3, 0.4) is 0 Å². The number of benzene rings is 2. The Labute approximate surface area is 117 Å². The molecule has 104 valence electrons. The number of fused-ring (bicyclic) bond motifs is 1. The van der Waals surface area contributed by atoms with E-state index in [2.05, 4.69) is 5.10 Å². The van der Waals surface area contributed by atoms with E-state index in [1.54, 1.807) is 12.3 Å². The number of rotatable bonds is 1. The summed E-state index contributed by atoms with van der Waals surface area (Å²) in [7, 11) is 0. The van der Waals surface area contributed by atoms with Gasteiger partial charge in [-0.2, -0.15) is 23.5 Å². The average molecular weight is 287 g/mol. The third-order valence-corrected chi connectivity index (χ3v) is 3.15. The number of nitriles is 1. The highest BCUT2D eigenvalue weighted by molar-refractivity contribution is 5.80. The maximum atomic E-state index is 12.8. The monoisotopic (exact) mass is 287 g/mol. The highest BCUT2D eigenvalue weighted by Gasteiger charge is 2.33. The molecule has 21 heavy (non-hydrogen) atoms. The molecule has 0 radical (unpaired) electrons. The molecule has 0 unspecified atom stereocenters. The van der Waals surface area contributed by atoms with Crippen molar-refractivity contribution in [3.8, 4) is 11.8 Å². The van der Waals surface area contributed by atoms with Crippen molar-refractivity contribution in [3.05, 3.63) is 59.8 Å². The van der Waals surface area contributed by atoms with E-state index in [9.17, 15) is 13.2 Å². The Morgan fingerprint density at radius 2 is 1.86 bits per heavy atom. The molecule has 1 heterocycles. The van der Waals surface area contributed by atoms with E-state index in [4.69, 9.17) is 5.26 Å². The van der Waals surface area contributed by atoms with Crippen LogP contribution in [0, 0.1) is 11.3 Å². The van der Waals surface area contributed by atoms with Crippen molar-refractivity contribution in [2.24, 2.45) is 0 Å². The van der Waals surface area contributed by atoms with E-state index in [0.29, 0.717) is 5.69 Å². The molecule has 0 N–H and O–H groups in total. The third-order valence-electron chi connectivity index (χ3n) is 3.15. The number of halogens is 3. The smallest absolute Gasteiger partial charge is 0.233 e. The van der Waals surface area contributed by atoms with Gasteiger partial charge in [-0.3, -0.25) is 0 Å². The van der Waals surface area contributed by atoms with Gasteiger partial charge in [-0.25, -0.2) is 4.68 Å². The van der Waals surface area contributed by atoms with Gasteiger partial charge >= 0.3 is 6.18 Å². The number of hydrogen-bond donors (Lipinski definition) is 0. The molecule has 0 spiro atoms. The standard InChI is InChI=1S/C15H8F3N3/c16-15(17,18)13-6-5-12(7-11(13)8-19)21-14-4-2-1-3-10(14)9-20-21/h1-7,9H. The van der Waals surface area contributed by atoms with Gasteiger partial charge in [0.2, 0.25) is 0 Å². The van der Waals surface area contributed by atoms with Crippen LogP contribution in [0.5, 0.6) is 0 Å². The van der Waals surface area contributed by atoms with Gasteiger partial charge in [0.1, 0.15) is 0 Å². The summed E-state index contributed by atoms with van der Waals surface area (Å²) in [6, 6.07) is 12.3. The van der Waals surface area contributed by atoms with Crippen LogP contribution in [-0.2, 0) is 6.18 Å². The molecule has 2 aromatic carbocycles. The molecule has 0 aliphatic carbocycles. The van der Waals surface area contributed by atoms with Gasteiger partial charge in [-0.1, -0.05) is 18.2 Å². The summed E-state index contributed by atoms with van der Waals surface area (Å²) in [4.78, 5) is 0. The van der Waals surface area contributed by atoms with Gasteiger partial charge in [0, 0.05) is 5.39 Å². The van der Waals surface area contributed by atoms with E-state index in [1.165, 1.54) is 16.8 Å². The zero-order chi connectivity index (χ0) is 15.0. The van der Waals surface area contributed by atoms with Crippen LogP contribution in [0.15, 0.2) is 48.7 Å². The van der Waals surface area contributed by atoms with Crippen LogP contribution < -0.4 is 0 Å². The van der Waals surface area contributed by atoms with E-state index >= 15 is 0 Å². The Morgan fingerprint density at radius 1 is 1.10 bits per heavy atom. The molecule has 1 aromatic heterocycles. The van der Waals surface area contributed by atoms with Crippen LogP contribution in [0.25, 0.3) is 16.6 Å². The summed E-state index contributed by atoms with van der Waals surface area (Å²) in [6.45, 7) is 0. The van der Waals surface area contributed by atoms with Crippen molar-refractivity contribution in [2.75, 3.05) is 0 Å². The topological polar surface area (TPSA) is 41.6 Å². The van der Waals surface area contributed by atoms with Crippen LogP contribution in [0.4, 0.5) is 13.2 Å². The zero-order valence-corrected chi connectivity index (χ0v) is 10.6. The first-order chi connectivity index (χ1) is 10.0. The van der Waals surface area contributed by atoms with Crippen LogP contribution in [-0.4, -0.2) is 9.78 Å². The van der Waals surface area contributed by atoms with Crippen molar-refractivity contribution >= 4 is 10.9 Å². The van der Waals surface area contributed by atoms with Gasteiger partial charge < -0.3 is 0 Å². The van der Waals surface area contributed by atoms with Gasteiger partial charge in [0.05, 0.1) is 34.6 Å². The van der Waals surface area contributed by atoms with E-state index in [0.717, 1.165) is 17.0 Å². The molecule has 0 bridgehead atoms. The van der Waals surface area contributed by atoms with Gasteiger partial charge in [-0.05, 0) is 24.3 Å². The normalized spacial score (nSPS) is 11.5. The molecule has 3 aromatic rings. The molecular weight excluding hydrogens is 279 g/mol. The predicted molar refractivity (Wildman–Crippen MR) is 70.8 cm³/mol. The Kier molecular flexibility index (Phi) is 2.91. The van der Waals surface area contributed by atoms with Gasteiger partial charge in [0.25, 0.3) is 0 Å². The van der Waals surface area contributed by atoms with Crippen molar-refractivity contribution in [2.45, 2.75) is 6.18 Å². The van der Waals surface area contributed by atoms with E-state index < -0.39 is 17.3 Å². The fraction of sp³-hybridized carbons (Fsp3) is 0.0667. The largest absolute Gasteiger partial charge is 0.417 e. The number of nitrogens with zero attached hydrogens (tertiary/aromatic N) is 3.